The maximum atomic E-state index is 11.9. The van der Waals surface area contributed by atoms with E-state index < -0.39 is 0 Å². The third-order valence-electron chi connectivity index (χ3n) is 3.22. The maximum absolute atomic E-state index is 11.9. The first-order valence-corrected chi connectivity index (χ1v) is 5.96. The van der Waals surface area contributed by atoms with Crippen LogP contribution in [-0.2, 0) is 18.0 Å². The van der Waals surface area contributed by atoms with Crippen molar-refractivity contribution in [3.05, 3.63) is 29.3 Å². The predicted octanol–water partition coefficient (Wildman–Crippen LogP) is 1.56. The maximum Gasteiger partial charge on any atom is 0.321 e. The van der Waals surface area contributed by atoms with Crippen molar-refractivity contribution in [1.82, 2.24) is 4.90 Å². The number of carbonyl (C=O) groups is 1. The van der Waals surface area contributed by atoms with E-state index in [0.29, 0.717) is 13.2 Å². The Labute approximate surface area is 106 Å². The molecule has 0 aromatic heterocycles. The van der Waals surface area contributed by atoms with Gasteiger partial charge in [-0.3, -0.25) is 0 Å². The zero-order chi connectivity index (χ0) is 13.1. The normalized spacial score (nSPS) is 15.1. The van der Waals surface area contributed by atoms with Gasteiger partial charge in [0.05, 0.1) is 25.9 Å². The molecule has 1 aromatic rings. The number of ether oxygens (including phenoxy) is 1. The number of fused-ring (bicyclic) bond motifs is 1. The van der Waals surface area contributed by atoms with Gasteiger partial charge < -0.3 is 20.1 Å². The lowest BCUT2D eigenvalue weighted by molar-refractivity contribution is 0.134. The lowest BCUT2D eigenvalue weighted by Gasteiger charge is -2.23. The summed E-state index contributed by atoms with van der Waals surface area (Å²) in [5, 5.41) is 11.8. The Bertz CT molecular complexity index is 448. The summed E-state index contributed by atoms with van der Waals surface area (Å²) >= 11 is 0. The Kier molecular flexibility index (Phi) is 3.84. The third kappa shape index (κ3) is 2.63. The van der Waals surface area contributed by atoms with Crippen LogP contribution in [0.25, 0.3) is 0 Å². The molecule has 0 radical (unpaired) electrons. The molecule has 5 heteroatoms. The molecular weight excluding hydrogens is 232 g/mol. The third-order valence-corrected chi connectivity index (χ3v) is 3.22. The van der Waals surface area contributed by atoms with E-state index in [2.05, 4.69) is 5.32 Å². The van der Waals surface area contributed by atoms with Gasteiger partial charge in [0, 0.05) is 12.7 Å². The first-order valence-electron chi connectivity index (χ1n) is 5.96. The Morgan fingerprint density at radius 3 is 2.94 bits per heavy atom. The molecule has 2 rings (SSSR count). The molecular formula is C13H18N2O3. The summed E-state index contributed by atoms with van der Waals surface area (Å²) in [6.07, 6.45) is 0. The van der Waals surface area contributed by atoms with Gasteiger partial charge in [-0.1, -0.05) is 6.07 Å². The standard InChI is InChI=1S/C13H18N2O3/c1-9(6-16)15(2)13(17)14-12-4-3-10-7-18-8-11(10)5-12/h3-5,9,16H,6-8H2,1-2H3,(H,14,17). The predicted molar refractivity (Wildman–Crippen MR) is 68.3 cm³/mol. The van der Waals surface area contributed by atoms with Crippen LogP contribution in [0.1, 0.15) is 18.1 Å². The van der Waals surface area contributed by atoms with Crippen molar-refractivity contribution < 1.29 is 14.6 Å². The zero-order valence-corrected chi connectivity index (χ0v) is 10.6. The van der Waals surface area contributed by atoms with Gasteiger partial charge in [0.15, 0.2) is 0 Å². The van der Waals surface area contributed by atoms with Crippen LogP contribution >= 0.6 is 0 Å². The number of nitrogens with zero attached hydrogens (tertiary/aromatic N) is 1. The molecule has 0 spiro atoms. The van der Waals surface area contributed by atoms with E-state index in [1.165, 1.54) is 10.5 Å². The molecule has 0 saturated heterocycles. The van der Waals surface area contributed by atoms with Gasteiger partial charge >= 0.3 is 6.03 Å². The van der Waals surface area contributed by atoms with Gasteiger partial charge in [-0.05, 0) is 30.2 Å². The molecule has 0 aliphatic carbocycles. The lowest BCUT2D eigenvalue weighted by atomic mass is 10.1. The molecule has 0 bridgehead atoms. The van der Waals surface area contributed by atoms with E-state index in [9.17, 15) is 4.79 Å². The second kappa shape index (κ2) is 5.37. The van der Waals surface area contributed by atoms with E-state index in [-0.39, 0.29) is 18.7 Å². The number of rotatable bonds is 3. The summed E-state index contributed by atoms with van der Waals surface area (Å²) < 4.78 is 5.32. The number of benzene rings is 1. The summed E-state index contributed by atoms with van der Waals surface area (Å²) in [6, 6.07) is 5.33. The second-order valence-electron chi connectivity index (χ2n) is 4.55. The summed E-state index contributed by atoms with van der Waals surface area (Å²) in [5.41, 5.74) is 3.04. The molecule has 5 nitrogen and oxygen atoms in total. The van der Waals surface area contributed by atoms with Crippen molar-refractivity contribution in [3.8, 4) is 0 Å². The number of aliphatic hydroxyl groups excluding tert-OH is 1. The summed E-state index contributed by atoms with van der Waals surface area (Å²) in [6.45, 7) is 2.98. The van der Waals surface area contributed by atoms with Crippen LogP contribution < -0.4 is 5.32 Å². The summed E-state index contributed by atoms with van der Waals surface area (Å²) in [4.78, 5) is 13.4. The van der Waals surface area contributed by atoms with Gasteiger partial charge in [-0.2, -0.15) is 0 Å². The van der Waals surface area contributed by atoms with E-state index in [1.807, 2.05) is 18.2 Å². The molecule has 0 fully saturated rings. The highest BCUT2D eigenvalue weighted by molar-refractivity contribution is 5.89. The van der Waals surface area contributed by atoms with Gasteiger partial charge in [-0.25, -0.2) is 4.79 Å². The summed E-state index contributed by atoms with van der Waals surface area (Å²) in [5.74, 6) is 0. The molecule has 1 atom stereocenters. The first kappa shape index (κ1) is 12.9. The number of hydrogen-bond donors (Lipinski definition) is 2. The molecule has 1 aliphatic heterocycles. The fourth-order valence-corrected chi connectivity index (χ4v) is 1.78. The minimum Gasteiger partial charge on any atom is -0.394 e. The quantitative estimate of drug-likeness (QED) is 0.855. The van der Waals surface area contributed by atoms with Crippen molar-refractivity contribution in [1.29, 1.82) is 0 Å². The van der Waals surface area contributed by atoms with Gasteiger partial charge in [0.25, 0.3) is 0 Å². The SMILES string of the molecule is CC(CO)N(C)C(=O)Nc1ccc2c(c1)COC2. The topological polar surface area (TPSA) is 61.8 Å². The Morgan fingerprint density at radius 2 is 2.22 bits per heavy atom. The Morgan fingerprint density at radius 1 is 1.50 bits per heavy atom. The van der Waals surface area contributed by atoms with E-state index in [4.69, 9.17) is 9.84 Å². The molecule has 18 heavy (non-hydrogen) atoms. The molecule has 1 aromatic carbocycles. The van der Waals surface area contributed by atoms with Crippen molar-refractivity contribution in [2.45, 2.75) is 26.2 Å². The number of likely N-dealkylation sites (N-methyl/N-ethyl adjacent to an activating group) is 1. The van der Waals surface area contributed by atoms with Crippen molar-refractivity contribution in [2.75, 3.05) is 19.0 Å². The molecule has 1 heterocycles. The Balaban J connectivity index is 2.03. The van der Waals surface area contributed by atoms with Crippen LogP contribution in [0.3, 0.4) is 0 Å². The molecule has 1 aliphatic rings. The Hall–Kier alpha value is -1.59. The molecule has 2 N–H and O–H groups in total. The first-order chi connectivity index (χ1) is 8.61. The minimum atomic E-state index is -0.226. The van der Waals surface area contributed by atoms with Crippen LogP contribution in [0.15, 0.2) is 18.2 Å². The smallest absolute Gasteiger partial charge is 0.321 e. The molecule has 1 unspecified atom stereocenters. The number of aliphatic hydroxyl groups is 1. The largest absolute Gasteiger partial charge is 0.394 e. The van der Waals surface area contributed by atoms with Gasteiger partial charge in [0.1, 0.15) is 0 Å². The minimum absolute atomic E-state index is 0.0536. The highest BCUT2D eigenvalue weighted by atomic mass is 16.5. The van der Waals surface area contributed by atoms with Crippen LogP contribution in [0.4, 0.5) is 10.5 Å². The summed E-state index contributed by atoms with van der Waals surface area (Å²) in [7, 11) is 1.66. The number of urea groups is 1. The highest BCUT2D eigenvalue weighted by Gasteiger charge is 2.16. The monoisotopic (exact) mass is 250 g/mol. The highest BCUT2D eigenvalue weighted by Crippen LogP contribution is 2.23. The van der Waals surface area contributed by atoms with Gasteiger partial charge in [0.2, 0.25) is 0 Å². The number of carbonyl (C=O) groups excluding carboxylic acids is 1. The number of amides is 2. The molecule has 2 amide bonds. The van der Waals surface area contributed by atoms with Crippen LogP contribution in [0, 0.1) is 0 Å². The van der Waals surface area contributed by atoms with Crippen LogP contribution in [0.2, 0.25) is 0 Å². The number of nitrogens with one attached hydrogen (secondary N) is 1. The van der Waals surface area contributed by atoms with Crippen LogP contribution in [0.5, 0.6) is 0 Å². The second-order valence-corrected chi connectivity index (χ2v) is 4.55. The van der Waals surface area contributed by atoms with Gasteiger partial charge in [-0.15, -0.1) is 0 Å². The zero-order valence-electron chi connectivity index (χ0n) is 10.6. The number of hydrogen-bond acceptors (Lipinski definition) is 3. The van der Waals surface area contributed by atoms with Crippen molar-refractivity contribution in [3.63, 3.8) is 0 Å². The van der Waals surface area contributed by atoms with E-state index in [0.717, 1.165) is 11.3 Å². The van der Waals surface area contributed by atoms with E-state index >= 15 is 0 Å². The number of anilines is 1. The van der Waals surface area contributed by atoms with Crippen molar-refractivity contribution >= 4 is 11.7 Å². The molecule has 0 saturated carbocycles. The van der Waals surface area contributed by atoms with Crippen LogP contribution in [-0.4, -0.2) is 35.7 Å². The average Bonchev–Trinajstić information content (AvgIpc) is 2.84. The fourth-order valence-electron chi connectivity index (χ4n) is 1.78. The lowest BCUT2D eigenvalue weighted by Crippen LogP contribution is -2.40. The van der Waals surface area contributed by atoms with E-state index in [1.54, 1.807) is 14.0 Å². The average molecular weight is 250 g/mol. The van der Waals surface area contributed by atoms with Crippen molar-refractivity contribution in [2.24, 2.45) is 0 Å². The fraction of sp³-hybridized carbons (Fsp3) is 0.462. The molecule has 98 valence electrons.